The van der Waals surface area contributed by atoms with E-state index in [0.717, 1.165) is 24.8 Å². The smallest absolute Gasteiger partial charge is 0.190 e. The van der Waals surface area contributed by atoms with Gasteiger partial charge in [-0.25, -0.2) is 0 Å². The molecule has 0 aromatic heterocycles. The van der Waals surface area contributed by atoms with E-state index in [4.69, 9.17) is 9.26 Å². The second kappa shape index (κ2) is 8.30. The number of carbonyl (C=O) groups is 3. The number of Topliss-reactive ketones (excluding diaryl/α,β-unsaturated/α-hetero) is 2. The van der Waals surface area contributed by atoms with Gasteiger partial charge in [0, 0.05) is 38.6 Å². The molecule has 4 rings (SSSR count). The lowest BCUT2D eigenvalue weighted by atomic mass is 9.46. The van der Waals surface area contributed by atoms with Gasteiger partial charge in [-0.15, -0.1) is 0 Å². The number of rotatable bonds is 7. The normalized spacial score (nSPS) is 41.8. The van der Waals surface area contributed by atoms with Crippen LogP contribution < -0.4 is 0 Å². The predicted molar refractivity (Wildman–Crippen MR) is 118 cm³/mol. The Labute approximate surface area is 185 Å². The van der Waals surface area contributed by atoms with E-state index in [1.54, 1.807) is 12.2 Å². The summed E-state index contributed by atoms with van der Waals surface area (Å²) in [6.45, 7) is 6.01. The van der Waals surface area contributed by atoms with Crippen molar-refractivity contribution in [2.75, 3.05) is 19.6 Å². The van der Waals surface area contributed by atoms with Gasteiger partial charge in [-0.1, -0.05) is 25.5 Å². The van der Waals surface area contributed by atoms with Gasteiger partial charge in [0.15, 0.2) is 11.6 Å². The highest BCUT2D eigenvalue weighted by Gasteiger charge is 2.69. The predicted octanol–water partition coefficient (Wildman–Crippen LogP) is 3.38. The third kappa shape index (κ3) is 3.33. The fourth-order valence-corrected chi connectivity index (χ4v) is 7.81. The second-order valence-electron chi connectivity index (χ2n) is 9.85. The number of carbonyl (C=O) groups excluding carboxylic acids is 3. The summed E-state index contributed by atoms with van der Waals surface area (Å²) in [4.78, 5) is 38.7. The summed E-state index contributed by atoms with van der Waals surface area (Å²) in [5, 5.41) is 9.79. The molecule has 0 amide bonds. The zero-order chi connectivity index (χ0) is 22.4. The summed E-state index contributed by atoms with van der Waals surface area (Å²) >= 11 is 0. The molecular weight excluding hydrogens is 415 g/mol. The number of fused-ring (bicyclic) bond motifs is 5. The van der Waals surface area contributed by atoms with E-state index in [0.29, 0.717) is 19.4 Å². The number of allylic oxidation sites excluding steroid dienone is 4. The van der Waals surface area contributed by atoms with E-state index in [2.05, 4.69) is 6.92 Å². The van der Waals surface area contributed by atoms with Crippen LogP contribution in [0.4, 0.5) is 0 Å². The minimum atomic E-state index is -1.15. The average Bonchev–Trinajstić information content (AvgIpc) is 3.03. The Morgan fingerprint density at radius 3 is 2.77 bits per heavy atom. The van der Waals surface area contributed by atoms with Crippen LogP contribution in [0.5, 0.6) is 0 Å². The Bertz CT molecular complexity index is 849. The van der Waals surface area contributed by atoms with Gasteiger partial charge in [0.05, 0.1) is 6.35 Å². The first-order chi connectivity index (χ1) is 14.7. The Kier molecular flexibility index (Phi) is 6.15. The van der Waals surface area contributed by atoms with Crippen LogP contribution in [0.2, 0.25) is 0 Å². The van der Waals surface area contributed by atoms with Gasteiger partial charge in [-0.2, -0.15) is 0 Å². The molecule has 6 nitrogen and oxygen atoms in total. The minimum Gasteiger partial charge on any atom is -0.388 e. The fourth-order valence-electron chi connectivity index (χ4n) is 7.22. The zero-order valence-corrected chi connectivity index (χ0v) is 19.6. The number of hydrogen-bond acceptors (Lipinski definition) is 6. The van der Waals surface area contributed by atoms with Crippen molar-refractivity contribution in [3.05, 3.63) is 23.8 Å². The van der Waals surface area contributed by atoms with Crippen molar-refractivity contribution in [2.24, 2.45) is 28.6 Å². The molecule has 0 aromatic rings. The molecule has 0 bridgehead atoms. The molecule has 7 heteroatoms. The molecule has 0 heterocycles. The Balaban J connectivity index is 1.68. The zero-order valence-electron chi connectivity index (χ0n) is 18.6. The third-order valence-electron chi connectivity index (χ3n) is 8.59. The summed E-state index contributed by atoms with van der Waals surface area (Å²) in [7, 11) is 0.119. The maximum Gasteiger partial charge on any atom is 0.190 e. The summed E-state index contributed by atoms with van der Waals surface area (Å²) < 4.78 is 11.7. The minimum absolute atomic E-state index is 0.00372. The van der Waals surface area contributed by atoms with Crippen LogP contribution in [-0.2, 0) is 23.6 Å². The van der Waals surface area contributed by atoms with Crippen molar-refractivity contribution < 1.29 is 28.8 Å². The van der Waals surface area contributed by atoms with E-state index < -0.39 is 23.0 Å². The first-order valence-corrected chi connectivity index (χ1v) is 12.4. The van der Waals surface area contributed by atoms with Crippen molar-refractivity contribution in [1.82, 2.24) is 0 Å². The molecule has 0 spiro atoms. The highest BCUT2D eigenvalue weighted by Crippen LogP contribution is 2.67. The fraction of sp³-hybridized carbons (Fsp3) is 0.708. The van der Waals surface area contributed by atoms with Crippen LogP contribution in [-0.4, -0.2) is 47.6 Å². The number of ether oxygens (including phenoxy) is 1. The standard InChI is InChI=1S/C24H33O6P/c1-4-30-31-14-29-24(20(28)13-25)10-8-18-17-6-5-15-11-16(26)7-9-22(15,2)21(17)19(27)12-23(18,24)3/h7,9,11,17-18,21,25,31H,4-6,8,10,12-14H2,1-3H3. The van der Waals surface area contributed by atoms with Gasteiger partial charge in [-0.05, 0) is 56.6 Å². The third-order valence-corrected chi connectivity index (χ3v) is 9.35. The van der Waals surface area contributed by atoms with Gasteiger partial charge in [-0.3, -0.25) is 14.4 Å². The summed E-state index contributed by atoms with van der Waals surface area (Å²) in [6.07, 6.45) is 8.74. The lowest BCUT2D eigenvalue weighted by Gasteiger charge is -2.57. The van der Waals surface area contributed by atoms with E-state index in [9.17, 15) is 19.5 Å². The lowest BCUT2D eigenvalue weighted by molar-refractivity contribution is -0.176. The largest absolute Gasteiger partial charge is 0.388 e. The van der Waals surface area contributed by atoms with E-state index in [-0.39, 0.29) is 50.3 Å². The number of aliphatic hydroxyl groups is 1. The summed E-state index contributed by atoms with van der Waals surface area (Å²) in [5.41, 5.74) is -1.17. The number of aliphatic hydroxyl groups excluding tert-OH is 1. The molecule has 7 atom stereocenters. The molecule has 3 saturated carbocycles. The molecule has 170 valence electrons. The quantitative estimate of drug-likeness (QED) is 0.474. The Morgan fingerprint density at radius 2 is 2.06 bits per heavy atom. The Morgan fingerprint density at radius 1 is 1.29 bits per heavy atom. The number of hydrogen-bond donors (Lipinski definition) is 1. The monoisotopic (exact) mass is 448 g/mol. The van der Waals surface area contributed by atoms with Crippen LogP contribution in [0.1, 0.15) is 52.9 Å². The van der Waals surface area contributed by atoms with E-state index >= 15 is 0 Å². The first kappa shape index (κ1) is 23.0. The molecule has 4 aliphatic carbocycles. The molecule has 1 N–H and O–H groups in total. The van der Waals surface area contributed by atoms with Gasteiger partial charge < -0.3 is 14.4 Å². The van der Waals surface area contributed by atoms with Gasteiger partial charge in [0.1, 0.15) is 18.0 Å². The average molecular weight is 448 g/mol. The summed E-state index contributed by atoms with van der Waals surface area (Å²) in [5.74, 6) is -0.0705. The SMILES string of the molecule is CCOPCOC1(C(=O)CO)CCC2C3CCC4=CC(=O)C=CC4(C)C3C(=O)CC21C. The maximum absolute atomic E-state index is 13.7. The maximum atomic E-state index is 13.7. The first-order valence-electron chi connectivity index (χ1n) is 11.3. The second-order valence-corrected chi connectivity index (χ2v) is 10.7. The summed E-state index contributed by atoms with van der Waals surface area (Å²) in [6, 6.07) is 0. The molecule has 0 radical (unpaired) electrons. The van der Waals surface area contributed by atoms with Gasteiger partial charge in [0.25, 0.3) is 0 Å². The van der Waals surface area contributed by atoms with Crippen LogP contribution in [0.15, 0.2) is 23.8 Å². The highest BCUT2D eigenvalue weighted by molar-refractivity contribution is 7.31. The topological polar surface area (TPSA) is 89.9 Å². The highest BCUT2D eigenvalue weighted by atomic mass is 31.1. The molecule has 0 aromatic carbocycles. The van der Waals surface area contributed by atoms with Crippen molar-refractivity contribution in [3.63, 3.8) is 0 Å². The van der Waals surface area contributed by atoms with E-state index in [1.807, 2.05) is 19.9 Å². The van der Waals surface area contributed by atoms with Gasteiger partial charge in [0.2, 0.25) is 0 Å². The molecule has 3 fully saturated rings. The van der Waals surface area contributed by atoms with Crippen LogP contribution in [0.25, 0.3) is 0 Å². The van der Waals surface area contributed by atoms with Crippen molar-refractivity contribution in [2.45, 2.75) is 58.5 Å². The Hall–Kier alpha value is -1.20. The van der Waals surface area contributed by atoms with Gasteiger partial charge >= 0.3 is 0 Å². The van der Waals surface area contributed by atoms with Crippen LogP contribution >= 0.6 is 8.81 Å². The molecule has 31 heavy (non-hydrogen) atoms. The van der Waals surface area contributed by atoms with Crippen molar-refractivity contribution in [3.8, 4) is 0 Å². The number of ketones is 3. The molecule has 4 aliphatic rings. The van der Waals surface area contributed by atoms with Crippen LogP contribution in [0, 0.1) is 28.6 Å². The molecule has 0 saturated heterocycles. The van der Waals surface area contributed by atoms with Crippen LogP contribution in [0.3, 0.4) is 0 Å². The lowest BCUT2D eigenvalue weighted by Crippen LogP contribution is -2.61. The molecular formula is C24H33O6P. The van der Waals surface area contributed by atoms with Crippen molar-refractivity contribution >= 4 is 26.2 Å². The molecule has 7 unspecified atom stereocenters. The van der Waals surface area contributed by atoms with E-state index in [1.165, 1.54) is 0 Å². The van der Waals surface area contributed by atoms with Crippen molar-refractivity contribution in [1.29, 1.82) is 0 Å². The molecule has 0 aliphatic heterocycles.